The molecule has 4 rings (SSSR count). The number of sulfonamides is 1. The van der Waals surface area contributed by atoms with Gasteiger partial charge >= 0.3 is 0 Å². The number of nitrogens with one attached hydrogen (secondary N) is 1. The normalized spacial score (nSPS) is 11.9. The third kappa shape index (κ3) is 8.33. The number of carbonyl (C=O) groups is 2. The maximum atomic E-state index is 14.4. The lowest BCUT2D eigenvalue weighted by Crippen LogP contribution is -2.53. The molecule has 1 unspecified atom stereocenters. The zero-order valence-electron chi connectivity index (χ0n) is 24.2. The molecule has 0 heterocycles. The number of aryl methyl sites for hydroxylation is 1. The van der Waals surface area contributed by atoms with Gasteiger partial charge < -0.3 is 10.2 Å². The first-order valence-electron chi connectivity index (χ1n) is 13.9. The quantitative estimate of drug-likeness (QED) is 0.177. The van der Waals surface area contributed by atoms with Crippen LogP contribution in [0.15, 0.2) is 102 Å². The van der Waals surface area contributed by atoms with Gasteiger partial charge in [0.25, 0.3) is 10.0 Å². The van der Waals surface area contributed by atoms with Crippen molar-refractivity contribution in [2.24, 2.45) is 0 Å². The minimum absolute atomic E-state index is 0.0164. The van der Waals surface area contributed by atoms with Gasteiger partial charge in [0.15, 0.2) is 0 Å². The zero-order chi connectivity index (χ0) is 31.9. The summed E-state index contributed by atoms with van der Waals surface area (Å²) in [6.45, 7) is 3.32. The van der Waals surface area contributed by atoms with Crippen molar-refractivity contribution in [3.05, 3.63) is 129 Å². The van der Waals surface area contributed by atoms with Gasteiger partial charge in [-0.1, -0.05) is 88.9 Å². The minimum Gasteiger partial charge on any atom is -0.355 e. The van der Waals surface area contributed by atoms with Gasteiger partial charge in [-0.25, -0.2) is 8.42 Å². The molecule has 0 aliphatic heterocycles. The topological polar surface area (TPSA) is 86.8 Å². The van der Waals surface area contributed by atoms with Gasteiger partial charge in [0.05, 0.1) is 10.6 Å². The van der Waals surface area contributed by atoms with Crippen LogP contribution in [0.3, 0.4) is 0 Å². The SMILES string of the molecule is CCNC(=O)C(Cc1ccccc1)N(Cc1ccc(Cl)cc1Cl)C(=O)CN(c1ccc(Cl)cc1)S(=O)(=O)c1ccc(C)cc1. The van der Waals surface area contributed by atoms with Gasteiger partial charge in [-0.2, -0.15) is 0 Å². The number of nitrogens with zero attached hydrogens (tertiary/aromatic N) is 2. The Labute approximate surface area is 273 Å². The second-order valence-corrected chi connectivity index (χ2v) is 13.3. The Morgan fingerprint density at radius 1 is 0.841 bits per heavy atom. The molecule has 4 aromatic rings. The van der Waals surface area contributed by atoms with Crippen LogP contribution < -0.4 is 9.62 Å². The maximum absolute atomic E-state index is 14.4. The minimum atomic E-state index is -4.22. The highest BCUT2D eigenvalue weighted by Gasteiger charge is 2.34. The molecular weight excluding hydrogens is 641 g/mol. The Kier molecular flexibility index (Phi) is 11.3. The second kappa shape index (κ2) is 14.9. The van der Waals surface area contributed by atoms with E-state index in [1.807, 2.05) is 37.3 Å². The van der Waals surface area contributed by atoms with E-state index in [2.05, 4.69) is 5.32 Å². The Hall–Kier alpha value is -3.56. The van der Waals surface area contributed by atoms with E-state index in [0.29, 0.717) is 27.2 Å². The largest absolute Gasteiger partial charge is 0.355 e. The average molecular weight is 673 g/mol. The molecule has 0 spiro atoms. The molecule has 44 heavy (non-hydrogen) atoms. The summed E-state index contributed by atoms with van der Waals surface area (Å²) in [6, 6.07) is 25.7. The fourth-order valence-electron chi connectivity index (χ4n) is 4.65. The van der Waals surface area contributed by atoms with Crippen molar-refractivity contribution in [3.8, 4) is 0 Å². The number of likely N-dealkylation sites (N-methyl/N-ethyl adjacent to an activating group) is 1. The van der Waals surface area contributed by atoms with Gasteiger partial charge in [0.2, 0.25) is 11.8 Å². The van der Waals surface area contributed by atoms with Crippen LogP contribution in [0.25, 0.3) is 0 Å². The smallest absolute Gasteiger partial charge is 0.264 e. The van der Waals surface area contributed by atoms with Crippen LogP contribution >= 0.6 is 34.8 Å². The van der Waals surface area contributed by atoms with Crippen LogP contribution in [-0.2, 0) is 32.6 Å². The molecule has 0 fully saturated rings. The monoisotopic (exact) mass is 671 g/mol. The van der Waals surface area contributed by atoms with Crippen LogP contribution in [0, 0.1) is 6.92 Å². The van der Waals surface area contributed by atoms with Crippen LogP contribution in [0.4, 0.5) is 5.69 Å². The third-order valence-corrected chi connectivity index (χ3v) is 9.61. The number of hydrogen-bond acceptors (Lipinski definition) is 4. The lowest BCUT2D eigenvalue weighted by molar-refractivity contribution is -0.140. The fourth-order valence-corrected chi connectivity index (χ4v) is 6.66. The number of hydrogen-bond donors (Lipinski definition) is 1. The summed E-state index contributed by atoms with van der Waals surface area (Å²) in [4.78, 5) is 29.3. The molecule has 1 N–H and O–H groups in total. The summed E-state index contributed by atoms with van der Waals surface area (Å²) >= 11 is 18.8. The highest BCUT2D eigenvalue weighted by atomic mass is 35.5. The number of anilines is 1. The fraction of sp³-hybridized carbons (Fsp3) is 0.212. The van der Waals surface area contributed by atoms with Gasteiger partial charge in [0, 0.05) is 34.6 Å². The van der Waals surface area contributed by atoms with Gasteiger partial charge in [-0.05, 0) is 73.5 Å². The average Bonchev–Trinajstić information content (AvgIpc) is 3.00. The van der Waals surface area contributed by atoms with Crippen LogP contribution in [-0.4, -0.2) is 44.3 Å². The van der Waals surface area contributed by atoms with E-state index in [4.69, 9.17) is 34.8 Å². The summed E-state index contributed by atoms with van der Waals surface area (Å²) < 4.78 is 29.1. The van der Waals surface area contributed by atoms with Crippen molar-refractivity contribution in [2.75, 3.05) is 17.4 Å². The van der Waals surface area contributed by atoms with Crippen molar-refractivity contribution in [2.45, 2.75) is 37.8 Å². The third-order valence-electron chi connectivity index (χ3n) is 6.98. The Morgan fingerprint density at radius 2 is 1.48 bits per heavy atom. The van der Waals surface area contributed by atoms with Crippen LogP contribution in [0.2, 0.25) is 15.1 Å². The van der Waals surface area contributed by atoms with E-state index in [0.717, 1.165) is 15.4 Å². The van der Waals surface area contributed by atoms with Crippen molar-refractivity contribution in [1.82, 2.24) is 10.2 Å². The van der Waals surface area contributed by atoms with E-state index in [9.17, 15) is 18.0 Å². The first-order valence-corrected chi connectivity index (χ1v) is 16.5. The first kappa shape index (κ1) is 33.3. The number of carbonyl (C=O) groups excluding carboxylic acids is 2. The van der Waals surface area contributed by atoms with Crippen molar-refractivity contribution >= 4 is 62.3 Å². The Morgan fingerprint density at radius 3 is 2.09 bits per heavy atom. The number of benzene rings is 4. The molecule has 230 valence electrons. The predicted octanol–water partition coefficient (Wildman–Crippen LogP) is 6.93. The van der Waals surface area contributed by atoms with Crippen molar-refractivity contribution < 1.29 is 18.0 Å². The molecule has 4 aromatic carbocycles. The van der Waals surface area contributed by atoms with Crippen LogP contribution in [0.1, 0.15) is 23.6 Å². The second-order valence-electron chi connectivity index (χ2n) is 10.2. The molecule has 0 aliphatic rings. The molecule has 0 saturated heterocycles. The molecule has 0 aromatic heterocycles. The lowest BCUT2D eigenvalue weighted by atomic mass is 10.0. The summed E-state index contributed by atoms with van der Waals surface area (Å²) in [6.07, 6.45) is 0.190. The summed E-state index contributed by atoms with van der Waals surface area (Å²) in [5.74, 6) is -0.983. The molecule has 0 bridgehead atoms. The summed E-state index contributed by atoms with van der Waals surface area (Å²) in [7, 11) is -4.22. The standard InChI is InChI=1S/C33H32Cl3N3O4S/c1-3-37-33(41)31(19-24-7-5-4-6-8-24)38(21-25-11-12-27(35)20-30(25)36)32(40)22-39(28-15-13-26(34)14-16-28)44(42,43)29-17-9-23(2)10-18-29/h4-18,20,31H,3,19,21-22H2,1-2H3,(H,37,41). The molecule has 11 heteroatoms. The van der Waals surface area contributed by atoms with Gasteiger partial charge in [-0.3, -0.25) is 13.9 Å². The molecule has 0 radical (unpaired) electrons. The van der Waals surface area contributed by atoms with E-state index in [-0.39, 0.29) is 29.5 Å². The zero-order valence-corrected chi connectivity index (χ0v) is 27.3. The van der Waals surface area contributed by atoms with E-state index in [1.165, 1.54) is 29.2 Å². The first-order chi connectivity index (χ1) is 21.0. The van der Waals surface area contributed by atoms with E-state index < -0.39 is 28.5 Å². The highest BCUT2D eigenvalue weighted by molar-refractivity contribution is 7.92. The summed E-state index contributed by atoms with van der Waals surface area (Å²) in [5, 5.41) is 3.97. The Bertz CT molecular complexity index is 1700. The van der Waals surface area contributed by atoms with Crippen molar-refractivity contribution in [1.29, 1.82) is 0 Å². The molecule has 7 nitrogen and oxygen atoms in total. The lowest BCUT2D eigenvalue weighted by Gasteiger charge is -2.34. The Balaban J connectivity index is 1.81. The molecule has 0 saturated carbocycles. The predicted molar refractivity (Wildman–Crippen MR) is 177 cm³/mol. The molecule has 2 amide bonds. The van der Waals surface area contributed by atoms with Crippen molar-refractivity contribution in [3.63, 3.8) is 0 Å². The van der Waals surface area contributed by atoms with Gasteiger partial charge in [0.1, 0.15) is 12.6 Å². The maximum Gasteiger partial charge on any atom is 0.264 e. The van der Waals surface area contributed by atoms with Gasteiger partial charge in [-0.15, -0.1) is 0 Å². The highest BCUT2D eigenvalue weighted by Crippen LogP contribution is 2.28. The number of halogens is 3. The number of rotatable bonds is 12. The van der Waals surface area contributed by atoms with Crippen LogP contribution in [0.5, 0.6) is 0 Å². The van der Waals surface area contributed by atoms with E-state index in [1.54, 1.807) is 49.4 Å². The molecule has 1 atom stereocenters. The summed E-state index contributed by atoms with van der Waals surface area (Å²) in [5.41, 5.74) is 2.50. The van der Waals surface area contributed by atoms with E-state index >= 15 is 0 Å². The number of amides is 2. The molecule has 0 aliphatic carbocycles. The molecular formula is C33H32Cl3N3O4S.